The van der Waals surface area contributed by atoms with E-state index in [2.05, 4.69) is 15.1 Å². The molecule has 0 unspecified atom stereocenters. The molecule has 6 nitrogen and oxygen atoms in total. The second-order valence-electron chi connectivity index (χ2n) is 4.29. The Morgan fingerprint density at radius 1 is 1.25 bits per heavy atom. The van der Waals surface area contributed by atoms with E-state index in [1.54, 1.807) is 6.20 Å². The van der Waals surface area contributed by atoms with Crippen molar-refractivity contribution in [3.05, 3.63) is 42.4 Å². The molecular weight excluding hydrogens is 258 g/mol. The predicted octanol–water partition coefficient (Wildman–Crippen LogP) is 2.30. The van der Waals surface area contributed by atoms with Crippen molar-refractivity contribution in [2.75, 3.05) is 0 Å². The van der Waals surface area contributed by atoms with Crippen molar-refractivity contribution < 1.29 is 14.4 Å². The highest BCUT2D eigenvalue weighted by Crippen LogP contribution is 2.24. The van der Waals surface area contributed by atoms with E-state index in [1.807, 2.05) is 30.3 Å². The molecule has 0 saturated carbocycles. The average Bonchev–Trinajstić information content (AvgIpc) is 2.93. The number of rotatable bonds is 4. The lowest BCUT2D eigenvalue weighted by Gasteiger charge is -2.00. The SMILES string of the molecule is O=C(O)CCc1nc(-c2nccc3ccccc23)no1. The minimum atomic E-state index is -0.895. The van der Waals surface area contributed by atoms with Gasteiger partial charge in [0.05, 0.1) is 6.42 Å². The van der Waals surface area contributed by atoms with Crippen molar-refractivity contribution in [3.63, 3.8) is 0 Å². The molecule has 0 atom stereocenters. The molecule has 2 aromatic heterocycles. The fourth-order valence-corrected chi connectivity index (χ4v) is 1.96. The minimum Gasteiger partial charge on any atom is -0.481 e. The summed E-state index contributed by atoms with van der Waals surface area (Å²) in [5, 5.41) is 14.5. The van der Waals surface area contributed by atoms with Gasteiger partial charge in [0.1, 0.15) is 5.69 Å². The first-order valence-corrected chi connectivity index (χ1v) is 6.12. The fourth-order valence-electron chi connectivity index (χ4n) is 1.96. The van der Waals surface area contributed by atoms with Gasteiger partial charge in [-0.2, -0.15) is 4.98 Å². The summed E-state index contributed by atoms with van der Waals surface area (Å²) >= 11 is 0. The zero-order valence-electron chi connectivity index (χ0n) is 10.5. The van der Waals surface area contributed by atoms with Crippen molar-refractivity contribution in [2.24, 2.45) is 0 Å². The Labute approximate surface area is 114 Å². The van der Waals surface area contributed by atoms with Gasteiger partial charge in [0.2, 0.25) is 11.7 Å². The van der Waals surface area contributed by atoms with Crippen molar-refractivity contribution in [1.29, 1.82) is 0 Å². The Morgan fingerprint density at radius 2 is 2.10 bits per heavy atom. The number of pyridine rings is 1. The van der Waals surface area contributed by atoms with Gasteiger partial charge in [-0.05, 0) is 11.5 Å². The molecule has 0 aliphatic heterocycles. The van der Waals surface area contributed by atoms with Crippen LogP contribution in [0, 0.1) is 0 Å². The lowest BCUT2D eigenvalue weighted by molar-refractivity contribution is -0.137. The molecule has 0 bridgehead atoms. The Morgan fingerprint density at radius 3 is 2.95 bits per heavy atom. The van der Waals surface area contributed by atoms with Crippen LogP contribution < -0.4 is 0 Å². The molecule has 3 aromatic rings. The van der Waals surface area contributed by atoms with Crippen LogP contribution in [-0.2, 0) is 11.2 Å². The number of carboxylic acids is 1. The van der Waals surface area contributed by atoms with E-state index < -0.39 is 5.97 Å². The van der Waals surface area contributed by atoms with Crippen molar-refractivity contribution in [3.8, 4) is 11.5 Å². The van der Waals surface area contributed by atoms with Crippen LogP contribution in [0.2, 0.25) is 0 Å². The number of fused-ring (bicyclic) bond motifs is 1. The van der Waals surface area contributed by atoms with Gasteiger partial charge < -0.3 is 9.63 Å². The van der Waals surface area contributed by atoms with Gasteiger partial charge in [0.15, 0.2) is 0 Å². The predicted molar refractivity (Wildman–Crippen MR) is 71.0 cm³/mol. The lowest BCUT2D eigenvalue weighted by atomic mass is 10.1. The molecule has 0 aliphatic rings. The number of hydrogen-bond acceptors (Lipinski definition) is 5. The largest absolute Gasteiger partial charge is 0.481 e. The Hall–Kier alpha value is -2.76. The quantitative estimate of drug-likeness (QED) is 0.781. The molecule has 2 heterocycles. The van der Waals surface area contributed by atoms with Gasteiger partial charge in [0.25, 0.3) is 0 Å². The van der Waals surface area contributed by atoms with E-state index in [1.165, 1.54) is 0 Å². The van der Waals surface area contributed by atoms with Crippen molar-refractivity contribution in [2.45, 2.75) is 12.8 Å². The summed E-state index contributed by atoms with van der Waals surface area (Å²) in [4.78, 5) is 19.0. The van der Waals surface area contributed by atoms with Gasteiger partial charge in [-0.15, -0.1) is 0 Å². The van der Waals surface area contributed by atoms with E-state index in [0.29, 0.717) is 17.4 Å². The molecular formula is C14H11N3O3. The highest BCUT2D eigenvalue weighted by atomic mass is 16.5. The molecule has 0 amide bonds. The summed E-state index contributed by atoms with van der Waals surface area (Å²) in [5.41, 5.74) is 0.633. The summed E-state index contributed by atoms with van der Waals surface area (Å²) < 4.78 is 5.05. The number of aryl methyl sites for hydroxylation is 1. The second-order valence-corrected chi connectivity index (χ2v) is 4.29. The smallest absolute Gasteiger partial charge is 0.303 e. The maximum Gasteiger partial charge on any atom is 0.303 e. The summed E-state index contributed by atoms with van der Waals surface area (Å²) in [6.45, 7) is 0. The number of aromatic nitrogens is 3. The van der Waals surface area contributed by atoms with Crippen LogP contribution in [0.4, 0.5) is 0 Å². The summed E-state index contributed by atoms with van der Waals surface area (Å²) in [5.74, 6) is -0.215. The van der Waals surface area contributed by atoms with Crippen LogP contribution in [0.25, 0.3) is 22.3 Å². The average molecular weight is 269 g/mol. The third-order valence-electron chi connectivity index (χ3n) is 2.91. The summed E-state index contributed by atoms with van der Waals surface area (Å²) in [6.07, 6.45) is 1.86. The standard InChI is InChI=1S/C14H11N3O3/c18-12(19)6-5-11-16-14(17-20-11)13-10-4-2-1-3-9(10)7-8-15-13/h1-4,7-8H,5-6H2,(H,18,19). The first-order valence-electron chi connectivity index (χ1n) is 6.12. The number of aliphatic carboxylic acids is 1. The van der Waals surface area contributed by atoms with Crippen LogP contribution in [0.1, 0.15) is 12.3 Å². The molecule has 1 aromatic carbocycles. The number of carbonyl (C=O) groups is 1. The minimum absolute atomic E-state index is 0.0371. The molecule has 0 spiro atoms. The third kappa shape index (κ3) is 2.35. The Bertz CT molecular complexity index is 762. The van der Waals surface area contributed by atoms with E-state index >= 15 is 0 Å². The molecule has 20 heavy (non-hydrogen) atoms. The van der Waals surface area contributed by atoms with Gasteiger partial charge >= 0.3 is 5.97 Å². The summed E-state index contributed by atoms with van der Waals surface area (Å²) in [6, 6.07) is 9.68. The Balaban J connectivity index is 1.97. The normalized spacial score (nSPS) is 10.8. The molecule has 0 aliphatic carbocycles. The molecule has 3 rings (SSSR count). The Kier molecular flexibility index (Phi) is 3.12. The van der Waals surface area contributed by atoms with E-state index in [0.717, 1.165) is 10.8 Å². The van der Waals surface area contributed by atoms with Crippen LogP contribution in [0.15, 0.2) is 41.1 Å². The van der Waals surface area contributed by atoms with Crippen LogP contribution in [0.3, 0.4) is 0 Å². The zero-order valence-corrected chi connectivity index (χ0v) is 10.5. The number of carboxylic acid groups (broad SMARTS) is 1. The van der Waals surface area contributed by atoms with Crippen molar-refractivity contribution in [1.82, 2.24) is 15.1 Å². The second kappa shape index (κ2) is 5.08. The van der Waals surface area contributed by atoms with Gasteiger partial charge in [-0.25, -0.2) is 0 Å². The molecule has 0 fully saturated rings. The van der Waals surface area contributed by atoms with E-state index in [-0.39, 0.29) is 12.8 Å². The van der Waals surface area contributed by atoms with Crippen LogP contribution in [0.5, 0.6) is 0 Å². The number of nitrogens with zero attached hydrogens (tertiary/aromatic N) is 3. The van der Waals surface area contributed by atoms with Crippen molar-refractivity contribution >= 4 is 16.7 Å². The maximum absolute atomic E-state index is 10.5. The highest BCUT2D eigenvalue weighted by Gasteiger charge is 2.13. The lowest BCUT2D eigenvalue weighted by Crippen LogP contribution is -1.97. The zero-order chi connectivity index (χ0) is 13.9. The molecule has 0 saturated heterocycles. The van der Waals surface area contributed by atoms with Crippen LogP contribution >= 0.6 is 0 Å². The topological polar surface area (TPSA) is 89.1 Å². The fraction of sp³-hybridized carbons (Fsp3) is 0.143. The first-order chi connectivity index (χ1) is 9.74. The maximum atomic E-state index is 10.5. The number of benzene rings is 1. The van der Waals surface area contributed by atoms with E-state index in [4.69, 9.17) is 9.63 Å². The number of hydrogen-bond donors (Lipinski definition) is 1. The van der Waals surface area contributed by atoms with Gasteiger partial charge in [-0.3, -0.25) is 9.78 Å². The van der Waals surface area contributed by atoms with E-state index in [9.17, 15) is 4.79 Å². The first kappa shape index (κ1) is 12.3. The molecule has 1 N–H and O–H groups in total. The molecule has 0 radical (unpaired) electrons. The third-order valence-corrected chi connectivity index (χ3v) is 2.91. The molecule has 100 valence electrons. The van der Waals surface area contributed by atoms with Crippen LogP contribution in [-0.4, -0.2) is 26.2 Å². The van der Waals surface area contributed by atoms with Gasteiger partial charge in [-0.1, -0.05) is 29.4 Å². The molecule has 6 heteroatoms. The monoisotopic (exact) mass is 269 g/mol. The van der Waals surface area contributed by atoms with Gasteiger partial charge in [0, 0.05) is 18.0 Å². The summed E-state index contributed by atoms with van der Waals surface area (Å²) in [7, 11) is 0. The highest BCUT2D eigenvalue weighted by molar-refractivity contribution is 5.92.